The Hall–Kier alpha value is -2.81. The van der Waals surface area contributed by atoms with Crippen molar-refractivity contribution < 1.29 is 18.0 Å². The summed E-state index contributed by atoms with van der Waals surface area (Å²) in [5, 5.41) is 13.7. The van der Waals surface area contributed by atoms with E-state index in [1.165, 1.54) is 6.07 Å². The van der Waals surface area contributed by atoms with Crippen LogP contribution in [0.15, 0.2) is 42.6 Å². The molecule has 0 fully saturated rings. The van der Waals surface area contributed by atoms with Gasteiger partial charge in [-0.15, -0.1) is 10.2 Å². The zero-order valence-corrected chi connectivity index (χ0v) is 16.4. The Balaban J connectivity index is 1.71. The molecule has 2 heterocycles. The Bertz CT molecular complexity index is 1020. The number of hydrogen-bond donors (Lipinski definition) is 2. The van der Waals surface area contributed by atoms with Crippen molar-refractivity contribution in [2.45, 2.75) is 32.6 Å². The van der Waals surface area contributed by atoms with Crippen LogP contribution in [-0.4, -0.2) is 26.5 Å². The lowest BCUT2D eigenvalue weighted by atomic mass is 10.0. The average molecular weight is 426 g/mol. The van der Waals surface area contributed by atoms with Crippen LogP contribution in [0.5, 0.6) is 0 Å². The maximum absolute atomic E-state index is 12.8. The van der Waals surface area contributed by atoms with Gasteiger partial charge in [-0.1, -0.05) is 31.5 Å². The minimum absolute atomic E-state index is 0.110. The number of nitrogens with zero attached hydrogens (tertiary/aromatic N) is 3. The topological polar surface area (TPSA) is 71.3 Å². The molecule has 0 aliphatic heterocycles. The zero-order chi connectivity index (χ0) is 21.2. The van der Waals surface area contributed by atoms with Gasteiger partial charge in [0.25, 0.3) is 0 Å². The number of carbonyl (C=O) groups is 1. The Morgan fingerprint density at radius 3 is 2.62 bits per heavy atom. The summed E-state index contributed by atoms with van der Waals surface area (Å²) in [5.74, 6) is 0.0798. The number of hydrogen-bond acceptors (Lipinski definition) is 4. The fraction of sp³-hybridized carbons (Fsp3) is 0.316. The average Bonchev–Trinajstić information content (AvgIpc) is 3.07. The molecule has 3 aromatic rings. The first-order valence-corrected chi connectivity index (χ1v) is 9.24. The number of alkyl halides is 3. The molecule has 10 heteroatoms. The number of nitrogens with one attached hydrogen (secondary N) is 2. The zero-order valence-electron chi connectivity index (χ0n) is 15.7. The number of pyridine rings is 1. The highest BCUT2D eigenvalue weighted by Gasteiger charge is 2.31. The second-order valence-corrected chi connectivity index (χ2v) is 7.23. The summed E-state index contributed by atoms with van der Waals surface area (Å²) in [6.45, 7) is 3.79. The summed E-state index contributed by atoms with van der Waals surface area (Å²) in [6, 6.07) is 7.73. The van der Waals surface area contributed by atoms with Crippen LogP contribution in [0.3, 0.4) is 0 Å². The lowest BCUT2D eigenvalue weighted by molar-refractivity contribution is -0.137. The van der Waals surface area contributed by atoms with Crippen LogP contribution >= 0.6 is 11.6 Å². The van der Waals surface area contributed by atoms with E-state index in [2.05, 4.69) is 20.8 Å². The molecule has 29 heavy (non-hydrogen) atoms. The Morgan fingerprint density at radius 1 is 1.21 bits per heavy atom. The highest BCUT2D eigenvalue weighted by Crippen LogP contribution is 2.34. The van der Waals surface area contributed by atoms with Crippen LogP contribution in [0.1, 0.15) is 25.2 Å². The molecule has 1 unspecified atom stereocenters. The SMILES string of the molecule is CC(C)C(Nc1ccc(C(F)(F)F)cc1Cl)C(=O)NCc1nnc2ccccn12. The Kier molecular flexibility index (Phi) is 5.97. The predicted octanol–water partition coefficient (Wildman–Crippen LogP) is 4.15. The van der Waals surface area contributed by atoms with E-state index in [1.807, 2.05) is 26.0 Å². The fourth-order valence-electron chi connectivity index (χ4n) is 2.80. The molecular formula is C19H19ClF3N5O. The van der Waals surface area contributed by atoms with Gasteiger partial charge in [0.15, 0.2) is 11.5 Å². The van der Waals surface area contributed by atoms with Gasteiger partial charge in [-0.2, -0.15) is 13.2 Å². The molecule has 1 aromatic carbocycles. The highest BCUT2D eigenvalue weighted by atomic mass is 35.5. The summed E-state index contributed by atoms with van der Waals surface area (Å²) in [6.07, 6.45) is -2.70. The van der Waals surface area contributed by atoms with E-state index in [1.54, 1.807) is 16.7 Å². The minimum Gasteiger partial charge on any atom is -0.372 e. The van der Waals surface area contributed by atoms with E-state index in [0.29, 0.717) is 11.5 Å². The summed E-state index contributed by atoms with van der Waals surface area (Å²) >= 11 is 6.00. The standard InChI is InChI=1S/C19H19ClF3N5O/c1-11(2)17(25-14-7-6-12(9-13(14)20)19(21,22)23)18(29)24-10-16-27-26-15-5-3-4-8-28(15)16/h3-9,11,17,25H,10H2,1-2H3,(H,24,29). The fourth-order valence-corrected chi connectivity index (χ4v) is 3.03. The quantitative estimate of drug-likeness (QED) is 0.622. The van der Waals surface area contributed by atoms with Crippen molar-refractivity contribution in [2.75, 3.05) is 5.32 Å². The molecule has 0 aliphatic carbocycles. The van der Waals surface area contributed by atoms with Crippen molar-refractivity contribution >= 4 is 28.8 Å². The van der Waals surface area contributed by atoms with E-state index in [0.717, 1.165) is 12.1 Å². The Labute approximate surface area is 170 Å². The lowest BCUT2D eigenvalue weighted by Gasteiger charge is -2.23. The molecule has 154 valence electrons. The molecule has 1 amide bonds. The molecular weight excluding hydrogens is 407 g/mol. The molecule has 6 nitrogen and oxygen atoms in total. The maximum Gasteiger partial charge on any atom is 0.416 e. The molecule has 0 saturated carbocycles. The van der Waals surface area contributed by atoms with Gasteiger partial charge in [0.2, 0.25) is 5.91 Å². The van der Waals surface area contributed by atoms with Crippen molar-refractivity contribution in [2.24, 2.45) is 5.92 Å². The molecule has 3 rings (SSSR count). The first-order chi connectivity index (χ1) is 13.7. The van der Waals surface area contributed by atoms with Crippen LogP contribution in [0.2, 0.25) is 5.02 Å². The van der Waals surface area contributed by atoms with Gasteiger partial charge in [-0.3, -0.25) is 9.20 Å². The van der Waals surface area contributed by atoms with Gasteiger partial charge in [-0.05, 0) is 36.2 Å². The number of amides is 1. The van der Waals surface area contributed by atoms with Crippen LogP contribution in [0.25, 0.3) is 5.65 Å². The Morgan fingerprint density at radius 2 is 1.97 bits per heavy atom. The first kappa shape index (κ1) is 20.9. The summed E-state index contributed by atoms with van der Waals surface area (Å²) in [4.78, 5) is 12.7. The largest absolute Gasteiger partial charge is 0.416 e. The van der Waals surface area contributed by atoms with Crippen LogP contribution in [0.4, 0.5) is 18.9 Å². The highest BCUT2D eigenvalue weighted by molar-refractivity contribution is 6.33. The van der Waals surface area contributed by atoms with Gasteiger partial charge in [0, 0.05) is 6.20 Å². The maximum atomic E-state index is 12.8. The van der Waals surface area contributed by atoms with E-state index in [-0.39, 0.29) is 29.1 Å². The third-order valence-corrected chi connectivity index (χ3v) is 4.67. The van der Waals surface area contributed by atoms with Gasteiger partial charge in [0.1, 0.15) is 6.04 Å². The molecule has 0 spiro atoms. The molecule has 1 atom stereocenters. The summed E-state index contributed by atoms with van der Waals surface area (Å²) in [7, 11) is 0. The number of benzene rings is 1. The second kappa shape index (κ2) is 8.28. The van der Waals surface area contributed by atoms with E-state index >= 15 is 0 Å². The van der Waals surface area contributed by atoms with E-state index in [4.69, 9.17) is 11.6 Å². The van der Waals surface area contributed by atoms with Crippen molar-refractivity contribution in [3.63, 3.8) is 0 Å². The minimum atomic E-state index is -4.49. The number of halogens is 4. The van der Waals surface area contributed by atoms with Crippen molar-refractivity contribution in [3.8, 4) is 0 Å². The third kappa shape index (κ3) is 4.79. The predicted molar refractivity (Wildman–Crippen MR) is 104 cm³/mol. The van der Waals surface area contributed by atoms with Crippen molar-refractivity contribution in [1.29, 1.82) is 0 Å². The molecule has 0 aliphatic rings. The van der Waals surface area contributed by atoms with E-state index in [9.17, 15) is 18.0 Å². The van der Waals surface area contributed by atoms with Crippen molar-refractivity contribution in [1.82, 2.24) is 19.9 Å². The van der Waals surface area contributed by atoms with Crippen molar-refractivity contribution in [3.05, 3.63) is 59.0 Å². The number of rotatable bonds is 6. The molecule has 0 bridgehead atoms. The molecule has 0 saturated heterocycles. The number of anilines is 1. The summed E-state index contributed by atoms with van der Waals surface area (Å²) in [5.41, 5.74) is 0.0607. The number of fused-ring (bicyclic) bond motifs is 1. The second-order valence-electron chi connectivity index (χ2n) is 6.82. The van der Waals surface area contributed by atoms with E-state index < -0.39 is 17.8 Å². The molecule has 2 aromatic heterocycles. The summed E-state index contributed by atoms with van der Waals surface area (Å²) < 4.78 is 40.2. The van der Waals surface area contributed by atoms with Crippen LogP contribution in [-0.2, 0) is 17.5 Å². The normalized spacial score (nSPS) is 12.9. The van der Waals surface area contributed by atoms with Gasteiger partial charge in [-0.25, -0.2) is 0 Å². The van der Waals surface area contributed by atoms with Gasteiger partial charge in [0.05, 0.1) is 22.8 Å². The van der Waals surface area contributed by atoms with Gasteiger partial charge >= 0.3 is 6.18 Å². The molecule has 0 radical (unpaired) electrons. The van der Waals surface area contributed by atoms with Crippen LogP contribution < -0.4 is 10.6 Å². The molecule has 2 N–H and O–H groups in total. The first-order valence-electron chi connectivity index (χ1n) is 8.86. The smallest absolute Gasteiger partial charge is 0.372 e. The number of aromatic nitrogens is 3. The third-order valence-electron chi connectivity index (χ3n) is 4.36. The lowest BCUT2D eigenvalue weighted by Crippen LogP contribution is -2.43. The van der Waals surface area contributed by atoms with Gasteiger partial charge < -0.3 is 10.6 Å². The number of carbonyl (C=O) groups excluding carboxylic acids is 1. The van der Waals surface area contributed by atoms with Crippen LogP contribution in [0, 0.1) is 5.92 Å². The monoisotopic (exact) mass is 425 g/mol.